The third-order valence-corrected chi connectivity index (χ3v) is 2.24. The van der Waals surface area contributed by atoms with Crippen molar-refractivity contribution in [3.63, 3.8) is 0 Å². The maximum absolute atomic E-state index is 9.12. The molecule has 3 heteroatoms. The zero-order valence-electron chi connectivity index (χ0n) is 8.57. The van der Waals surface area contributed by atoms with Crippen LogP contribution >= 0.6 is 15.9 Å². The van der Waals surface area contributed by atoms with Crippen molar-refractivity contribution in [1.29, 1.82) is 0 Å². The average molecular weight is 258 g/mol. The molecule has 1 unspecified atom stereocenters. The number of phenols is 1. The fourth-order valence-corrected chi connectivity index (χ4v) is 1.90. The highest BCUT2D eigenvalue weighted by Gasteiger charge is 2.03. The van der Waals surface area contributed by atoms with Gasteiger partial charge in [0.15, 0.2) is 0 Å². The molecule has 0 amide bonds. The maximum atomic E-state index is 9.12. The van der Waals surface area contributed by atoms with Gasteiger partial charge >= 0.3 is 0 Å². The van der Waals surface area contributed by atoms with Gasteiger partial charge in [0, 0.05) is 17.9 Å². The molecule has 0 saturated carbocycles. The van der Waals surface area contributed by atoms with E-state index in [9.17, 15) is 0 Å². The highest BCUT2D eigenvalue weighted by Crippen LogP contribution is 2.11. The second kappa shape index (κ2) is 5.37. The molecule has 0 fully saturated rings. The van der Waals surface area contributed by atoms with Crippen LogP contribution in [-0.4, -0.2) is 28.4 Å². The Kier molecular flexibility index (Phi) is 4.42. The number of rotatable bonds is 4. The van der Waals surface area contributed by atoms with Crippen LogP contribution in [0.3, 0.4) is 0 Å². The van der Waals surface area contributed by atoms with Gasteiger partial charge in [0.1, 0.15) is 5.75 Å². The highest BCUT2D eigenvalue weighted by molar-refractivity contribution is 9.09. The summed E-state index contributed by atoms with van der Waals surface area (Å²) in [5.41, 5.74) is 1.22. The lowest BCUT2D eigenvalue weighted by Gasteiger charge is -2.17. The van der Waals surface area contributed by atoms with Gasteiger partial charge < -0.3 is 10.0 Å². The normalized spacial score (nSPS) is 13.1. The molecule has 0 aliphatic rings. The Labute approximate surface area is 93.7 Å². The molecule has 14 heavy (non-hydrogen) atoms. The average Bonchev–Trinajstić information content (AvgIpc) is 2.07. The van der Waals surface area contributed by atoms with Crippen LogP contribution in [0.25, 0.3) is 0 Å². The van der Waals surface area contributed by atoms with Crippen LogP contribution in [-0.2, 0) is 6.54 Å². The zero-order chi connectivity index (χ0) is 10.6. The summed E-state index contributed by atoms with van der Waals surface area (Å²) in [5, 5.41) is 9.12. The van der Waals surface area contributed by atoms with Crippen LogP contribution in [0, 0.1) is 0 Å². The summed E-state index contributed by atoms with van der Waals surface area (Å²) >= 11 is 3.52. The van der Waals surface area contributed by atoms with Crippen LogP contribution in [0.5, 0.6) is 5.75 Å². The predicted octanol–water partition coefficient (Wildman–Crippen LogP) is 2.61. The van der Waals surface area contributed by atoms with Gasteiger partial charge in [-0.2, -0.15) is 0 Å². The Morgan fingerprint density at radius 3 is 2.43 bits per heavy atom. The summed E-state index contributed by atoms with van der Waals surface area (Å²) in [6, 6.07) is 7.34. The molecule has 0 aromatic heterocycles. The first-order valence-electron chi connectivity index (χ1n) is 4.68. The highest BCUT2D eigenvalue weighted by atomic mass is 79.9. The minimum Gasteiger partial charge on any atom is -0.508 e. The predicted molar refractivity (Wildman–Crippen MR) is 62.8 cm³/mol. The lowest BCUT2D eigenvalue weighted by Crippen LogP contribution is -2.23. The van der Waals surface area contributed by atoms with Crippen molar-refractivity contribution in [3.8, 4) is 5.75 Å². The summed E-state index contributed by atoms with van der Waals surface area (Å²) in [6.45, 7) is 4.06. The first-order valence-corrected chi connectivity index (χ1v) is 5.60. The molecule has 0 radical (unpaired) electrons. The van der Waals surface area contributed by atoms with E-state index in [-0.39, 0.29) is 0 Å². The number of hydrogen-bond acceptors (Lipinski definition) is 2. The Balaban J connectivity index is 2.47. The van der Waals surface area contributed by atoms with E-state index in [1.807, 2.05) is 12.1 Å². The summed E-state index contributed by atoms with van der Waals surface area (Å²) in [4.78, 5) is 2.75. The SMILES string of the molecule is CC(Br)CN(C)Cc1ccc(O)cc1. The van der Waals surface area contributed by atoms with Gasteiger partial charge in [0.05, 0.1) is 0 Å². The van der Waals surface area contributed by atoms with E-state index in [1.165, 1.54) is 5.56 Å². The quantitative estimate of drug-likeness (QED) is 0.839. The van der Waals surface area contributed by atoms with Crippen molar-refractivity contribution in [3.05, 3.63) is 29.8 Å². The van der Waals surface area contributed by atoms with E-state index >= 15 is 0 Å². The van der Waals surface area contributed by atoms with E-state index in [4.69, 9.17) is 5.11 Å². The van der Waals surface area contributed by atoms with Gasteiger partial charge in [-0.1, -0.05) is 35.0 Å². The molecule has 1 rings (SSSR count). The molecular weight excluding hydrogens is 242 g/mol. The third kappa shape index (κ3) is 4.11. The monoisotopic (exact) mass is 257 g/mol. The fourth-order valence-electron chi connectivity index (χ4n) is 1.41. The molecule has 0 aliphatic carbocycles. The molecule has 0 spiro atoms. The molecule has 2 nitrogen and oxygen atoms in total. The lowest BCUT2D eigenvalue weighted by molar-refractivity contribution is 0.332. The van der Waals surface area contributed by atoms with Crippen LogP contribution in [0.1, 0.15) is 12.5 Å². The zero-order valence-corrected chi connectivity index (χ0v) is 10.2. The van der Waals surface area contributed by atoms with Crippen molar-refractivity contribution in [2.24, 2.45) is 0 Å². The number of nitrogens with zero attached hydrogens (tertiary/aromatic N) is 1. The van der Waals surface area contributed by atoms with Crippen LogP contribution in [0.15, 0.2) is 24.3 Å². The van der Waals surface area contributed by atoms with Crippen molar-refractivity contribution in [2.75, 3.05) is 13.6 Å². The number of hydrogen-bond donors (Lipinski definition) is 1. The first-order chi connectivity index (χ1) is 6.58. The molecule has 78 valence electrons. The molecular formula is C11H16BrNO. The summed E-state index contributed by atoms with van der Waals surface area (Å²) in [5.74, 6) is 0.324. The Hall–Kier alpha value is -0.540. The summed E-state index contributed by atoms with van der Waals surface area (Å²) in [7, 11) is 2.09. The minimum absolute atomic E-state index is 0.324. The van der Waals surface area contributed by atoms with Crippen LogP contribution in [0.4, 0.5) is 0 Å². The van der Waals surface area contributed by atoms with Gasteiger partial charge in [-0.05, 0) is 24.7 Å². The number of phenolic OH excluding ortho intramolecular Hbond substituents is 1. The molecule has 0 saturated heterocycles. The Bertz CT molecular complexity index is 271. The second-order valence-corrected chi connectivity index (χ2v) is 5.21. The molecule has 0 aliphatic heterocycles. The standard InChI is InChI=1S/C11H16BrNO/c1-9(12)7-13(2)8-10-3-5-11(14)6-4-10/h3-6,9,14H,7-8H2,1-2H3. The minimum atomic E-state index is 0.324. The van der Waals surface area contributed by atoms with Crippen molar-refractivity contribution in [2.45, 2.75) is 18.3 Å². The van der Waals surface area contributed by atoms with Gasteiger partial charge in [0.2, 0.25) is 0 Å². The van der Waals surface area contributed by atoms with Gasteiger partial charge in [-0.25, -0.2) is 0 Å². The van der Waals surface area contributed by atoms with Gasteiger partial charge in [-0.3, -0.25) is 0 Å². The smallest absolute Gasteiger partial charge is 0.115 e. The van der Waals surface area contributed by atoms with Crippen LogP contribution < -0.4 is 0 Å². The summed E-state index contributed by atoms with van der Waals surface area (Å²) in [6.07, 6.45) is 0. The molecule has 1 aromatic rings. The van der Waals surface area contributed by atoms with Crippen molar-refractivity contribution in [1.82, 2.24) is 4.90 Å². The lowest BCUT2D eigenvalue weighted by atomic mass is 10.2. The number of alkyl halides is 1. The van der Waals surface area contributed by atoms with E-state index in [1.54, 1.807) is 12.1 Å². The topological polar surface area (TPSA) is 23.5 Å². The molecule has 1 N–H and O–H groups in total. The third-order valence-electron chi connectivity index (χ3n) is 1.95. The molecule has 0 bridgehead atoms. The van der Waals surface area contributed by atoms with E-state index in [2.05, 4.69) is 34.8 Å². The number of aromatic hydroxyl groups is 1. The number of benzene rings is 1. The van der Waals surface area contributed by atoms with Crippen molar-refractivity contribution < 1.29 is 5.11 Å². The Morgan fingerprint density at radius 2 is 1.93 bits per heavy atom. The van der Waals surface area contributed by atoms with Gasteiger partial charge in [0.25, 0.3) is 0 Å². The van der Waals surface area contributed by atoms with E-state index in [0.29, 0.717) is 10.6 Å². The Morgan fingerprint density at radius 1 is 1.36 bits per heavy atom. The van der Waals surface area contributed by atoms with Crippen LogP contribution in [0.2, 0.25) is 0 Å². The second-order valence-electron chi connectivity index (χ2n) is 3.64. The van der Waals surface area contributed by atoms with E-state index in [0.717, 1.165) is 13.1 Å². The maximum Gasteiger partial charge on any atom is 0.115 e. The fraction of sp³-hybridized carbons (Fsp3) is 0.455. The van der Waals surface area contributed by atoms with E-state index < -0.39 is 0 Å². The van der Waals surface area contributed by atoms with Gasteiger partial charge in [-0.15, -0.1) is 0 Å². The molecule has 1 atom stereocenters. The van der Waals surface area contributed by atoms with Crippen molar-refractivity contribution >= 4 is 15.9 Å². The molecule has 0 heterocycles. The summed E-state index contributed by atoms with van der Waals surface area (Å²) < 4.78 is 0. The largest absolute Gasteiger partial charge is 0.508 e. The first kappa shape index (κ1) is 11.5. The number of halogens is 1. The molecule has 1 aromatic carbocycles.